The number of sulfone groups is 1. The summed E-state index contributed by atoms with van der Waals surface area (Å²) in [6.07, 6.45) is 4.72. The van der Waals surface area contributed by atoms with Crippen LogP contribution in [-0.4, -0.2) is 30.5 Å². The minimum absolute atomic E-state index is 0.0307. The topological polar surface area (TPSA) is 89.0 Å². The zero-order chi connectivity index (χ0) is 18.3. The van der Waals surface area contributed by atoms with Crippen molar-refractivity contribution in [3.63, 3.8) is 0 Å². The van der Waals surface area contributed by atoms with Crippen molar-refractivity contribution in [3.8, 4) is 11.1 Å². The average molecular weight is 367 g/mol. The Kier molecular flexibility index (Phi) is 3.96. The highest BCUT2D eigenvalue weighted by Crippen LogP contribution is 2.31. The number of anilines is 1. The molecular weight excluding hydrogens is 350 g/mol. The first-order valence-electron chi connectivity index (χ1n) is 8.29. The molecule has 1 aliphatic carbocycles. The number of hydrogen-bond donors (Lipinski definition) is 1. The van der Waals surface area contributed by atoms with Crippen LogP contribution in [0.15, 0.2) is 53.6 Å². The molecule has 0 spiro atoms. The highest BCUT2D eigenvalue weighted by atomic mass is 32.2. The lowest BCUT2D eigenvalue weighted by molar-refractivity contribution is -0.117. The lowest BCUT2D eigenvalue weighted by atomic mass is 10.0. The minimum atomic E-state index is -3.23. The van der Waals surface area contributed by atoms with Crippen LogP contribution in [0.2, 0.25) is 0 Å². The lowest BCUT2D eigenvalue weighted by Gasteiger charge is -2.09. The number of carbonyl (C=O) groups is 1. The minimum Gasteiger partial charge on any atom is -0.294 e. The molecule has 1 heterocycles. The maximum atomic E-state index is 11.9. The maximum Gasteiger partial charge on any atom is 0.229 e. The smallest absolute Gasteiger partial charge is 0.229 e. The van der Waals surface area contributed by atoms with E-state index < -0.39 is 9.84 Å². The van der Waals surface area contributed by atoms with Crippen LogP contribution in [0.1, 0.15) is 12.8 Å². The van der Waals surface area contributed by atoms with E-state index in [4.69, 9.17) is 0 Å². The van der Waals surface area contributed by atoms with Crippen molar-refractivity contribution >= 4 is 32.6 Å². The van der Waals surface area contributed by atoms with E-state index in [9.17, 15) is 13.2 Å². The standard InChI is InChI=1S/C19H17N3O3S/c1-26(24,25)14-9-7-12(8-10-14)15-3-2-4-17-16(15)11-20-19(21-17)22-18(23)13-5-6-13/h2-4,7-11,13H,5-6H2,1H3,(H,20,21,22,23). The van der Waals surface area contributed by atoms with E-state index in [1.165, 1.54) is 6.26 Å². The van der Waals surface area contributed by atoms with Gasteiger partial charge in [-0.05, 0) is 42.2 Å². The fourth-order valence-corrected chi connectivity index (χ4v) is 3.44. The van der Waals surface area contributed by atoms with E-state index in [0.717, 1.165) is 34.9 Å². The van der Waals surface area contributed by atoms with Gasteiger partial charge in [-0.3, -0.25) is 10.1 Å². The Morgan fingerprint density at radius 3 is 2.50 bits per heavy atom. The molecule has 6 nitrogen and oxygen atoms in total. The predicted octanol–water partition coefficient (Wildman–Crippen LogP) is 3.05. The molecule has 1 aromatic heterocycles. The third-order valence-electron chi connectivity index (χ3n) is 4.40. The number of carbonyl (C=O) groups excluding carboxylic acids is 1. The molecule has 1 N–H and O–H groups in total. The normalized spacial score (nSPS) is 14.3. The van der Waals surface area contributed by atoms with Crippen LogP contribution >= 0.6 is 0 Å². The summed E-state index contributed by atoms with van der Waals surface area (Å²) in [5.74, 6) is 0.366. The molecule has 0 radical (unpaired) electrons. The Hall–Kier alpha value is -2.80. The molecule has 0 unspecified atom stereocenters. The van der Waals surface area contributed by atoms with Gasteiger partial charge in [0.15, 0.2) is 9.84 Å². The Labute approximate surface area is 151 Å². The molecule has 3 aromatic rings. The second-order valence-electron chi connectivity index (χ2n) is 6.49. The first kappa shape index (κ1) is 16.7. The Morgan fingerprint density at radius 2 is 1.85 bits per heavy atom. The number of rotatable bonds is 4. The molecule has 1 aliphatic rings. The van der Waals surface area contributed by atoms with Gasteiger partial charge in [-0.25, -0.2) is 18.4 Å². The second kappa shape index (κ2) is 6.17. The number of nitrogens with zero attached hydrogens (tertiary/aromatic N) is 2. The molecule has 2 aromatic carbocycles. The van der Waals surface area contributed by atoms with Gasteiger partial charge in [0.2, 0.25) is 11.9 Å². The van der Waals surface area contributed by atoms with Crippen LogP contribution in [0.5, 0.6) is 0 Å². The van der Waals surface area contributed by atoms with E-state index >= 15 is 0 Å². The summed E-state index contributed by atoms with van der Waals surface area (Å²) in [4.78, 5) is 20.8. The quantitative estimate of drug-likeness (QED) is 0.765. The highest BCUT2D eigenvalue weighted by molar-refractivity contribution is 7.90. The molecule has 0 bridgehead atoms. The van der Waals surface area contributed by atoms with Gasteiger partial charge in [0, 0.05) is 23.8 Å². The molecule has 0 saturated heterocycles. The number of fused-ring (bicyclic) bond motifs is 1. The molecular formula is C19H17N3O3S. The van der Waals surface area contributed by atoms with Crippen LogP contribution in [0.4, 0.5) is 5.95 Å². The molecule has 1 fully saturated rings. The van der Waals surface area contributed by atoms with Crippen LogP contribution in [0.25, 0.3) is 22.0 Å². The first-order valence-corrected chi connectivity index (χ1v) is 10.2. The molecule has 0 aliphatic heterocycles. The summed E-state index contributed by atoms with van der Waals surface area (Å²) in [7, 11) is -3.23. The van der Waals surface area contributed by atoms with Crippen molar-refractivity contribution in [1.29, 1.82) is 0 Å². The van der Waals surface area contributed by atoms with Gasteiger partial charge in [-0.15, -0.1) is 0 Å². The molecule has 1 saturated carbocycles. The van der Waals surface area contributed by atoms with Gasteiger partial charge in [-0.1, -0.05) is 24.3 Å². The maximum absolute atomic E-state index is 11.9. The predicted molar refractivity (Wildman–Crippen MR) is 99.4 cm³/mol. The third kappa shape index (κ3) is 3.30. The monoisotopic (exact) mass is 367 g/mol. The second-order valence-corrected chi connectivity index (χ2v) is 8.51. The van der Waals surface area contributed by atoms with Gasteiger partial charge in [0.1, 0.15) is 0 Å². The van der Waals surface area contributed by atoms with Gasteiger partial charge in [0.05, 0.1) is 10.4 Å². The fourth-order valence-electron chi connectivity index (χ4n) is 2.81. The summed E-state index contributed by atoms with van der Waals surface area (Å²) < 4.78 is 23.2. The van der Waals surface area contributed by atoms with Crippen LogP contribution in [0, 0.1) is 5.92 Å². The zero-order valence-corrected chi connectivity index (χ0v) is 15.0. The molecule has 26 heavy (non-hydrogen) atoms. The third-order valence-corrected chi connectivity index (χ3v) is 5.53. The number of benzene rings is 2. The number of nitrogens with one attached hydrogen (secondary N) is 1. The van der Waals surface area contributed by atoms with E-state index in [1.807, 2.05) is 18.2 Å². The van der Waals surface area contributed by atoms with Crippen molar-refractivity contribution in [2.75, 3.05) is 11.6 Å². The van der Waals surface area contributed by atoms with E-state index in [-0.39, 0.29) is 16.7 Å². The zero-order valence-electron chi connectivity index (χ0n) is 14.1. The number of aromatic nitrogens is 2. The van der Waals surface area contributed by atoms with E-state index in [0.29, 0.717) is 5.95 Å². The van der Waals surface area contributed by atoms with Crippen molar-refractivity contribution in [2.45, 2.75) is 17.7 Å². The first-order chi connectivity index (χ1) is 12.4. The average Bonchev–Trinajstić information content (AvgIpc) is 3.45. The van der Waals surface area contributed by atoms with Crippen molar-refractivity contribution in [2.24, 2.45) is 5.92 Å². The Bertz CT molecular complexity index is 1100. The van der Waals surface area contributed by atoms with Crippen molar-refractivity contribution in [3.05, 3.63) is 48.7 Å². The Morgan fingerprint density at radius 1 is 1.12 bits per heavy atom. The molecule has 7 heteroatoms. The van der Waals surface area contributed by atoms with Crippen molar-refractivity contribution in [1.82, 2.24) is 9.97 Å². The highest BCUT2D eigenvalue weighted by Gasteiger charge is 2.30. The van der Waals surface area contributed by atoms with Gasteiger partial charge in [0.25, 0.3) is 0 Å². The summed E-state index contributed by atoms with van der Waals surface area (Å²) in [6, 6.07) is 12.4. The summed E-state index contributed by atoms with van der Waals surface area (Å²) in [6.45, 7) is 0. The van der Waals surface area contributed by atoms with Gasteiger partial charge in [-0.2, -0.15) is 0 Å². The molecule has 4 rings (SSSR count). The molecule has 132 valence electrons. The van der Waals surface area contributed by atoms with E-state index in [1.54, 1.807) is 30.5 Å². The lowest BCUT2D eigenvalue weighted by Crippen LogP contribution is -2.15. The van der Waals surface area contributed by atoms with Crippen LogP contribution in [-0.2, 0) is 14.6 Å². The summed E-state index contributed by atoms with van der Waals surface area (Å²) >= 11 is 0. The fraction of sp³-hybridized carbons (Fsp3) is 0.211. The molecule has 0 atom stereocenters. The SMILES string of the molecule is CS(=O)(=O)c1ccc(-c2cccc3nc(NC(=O)C4CC4)ncc23)cc1. The summed E-state index contributed by atoms with van der Waals surface area (Å²) in [5, 5.41) is 3.59. The van der Waals surface area contributed by atoms with Gasteiger partial charge >= 0.3 is 0 Å². The summed E-state index contributed by atoms with van der Waals surface area (Å²) in [5.41, 5.74) is 2.50. The van der Waals surface area contributed by atoms with Crippen LogP contribution < -0.4 is 5.32 Å². The largest absolute Gasteiger partial charge is 0.294 e. The van der Waals surface area contributed by atoms with E-state index in [2.05, 4.69) is 15.3 Å². The van der Waals surface area contributed by atoms with Crippen molar-refractivity contribution < 1.29 is 13.2 Å². The van der Waals surface area contributed by atoms with Gasteiger partial charge < -0.3 is 0 Å². The Balaban J connectivity index is 1.70. The number of hydrogen-bond acceptors (Lipinski definition) is 5. The molecule has 1 amide bonds. The number of amides is 1. The van der Waals surface area contributed by atoms with Crippen LogP contribution in [0.3, 0.4) is 0 Å².